The number of aryl methyl sites for hydroxylation is 2. The number of hydrogen-bond acceptors (Lipinski definition) is 3. The van der Waals surface area contributed by atoms with Crippen molar-refractivity contribution in [2.75, 3.05) is 13.1 Å². The minimum atomic E-state index is 0.0304. The molecule has 0 radical (unpaired) electrons. The van der Waals surface area contributed by atoms with Crippen LogP contribution in [0.15, 0.2) is 0 Å². The molecule has 0 aliphatic carbocycles. The minimum absolute atomic E-state index is 0.0304. The van der Waals surface area contributed by atoms with Gasteiger partial charge in [-0.2, -0.15) is 10.4 Å². The molecule has 0 spiro atoms. The van der Waals surface area contributed by atoms with Crippen LogP contribution in [-0.4, -0.2) is 27.8 Å². The Morgan fingerprint density at radius 3 is 2.67 bits per heavy atom. The van der Waals surface area contributed by atoms with Gasteiger partial charge in [-0.1, -0.05) is 18.5 Å². The lowest BCUT2D eigenvalue weighted by atomic mass is 10.2. The highest BCUT2D eigenvalue weighted by Crippen LogP contribution is 2.22. The Morgan fingerprint density at radius 1 is 1.50 bits per heavy atom. The molecule has 1 aromatic heterocycles. The van der Waals surface area contributed by atoms with Crippen molar-refractivity contribution in [2.45, 2.75) is 40.8 Å². The smallest absolute Gasteiger partial charge is 0.0860 e. The third-order valence-electron chi connectivity index (χ3n) is 3.03. The average molecular weight is 269 g/mol. The van der Waals surface area contributed by atoms with Crippen molar-refractivity contribution in [3.8, 4) is 6.07 Å². The number of hydrogen-bond donors (Lipinski definition) is 0. The van der Waals surface area contributed by atoms with Crippen molar-refractivity contribution >= 4 is 11.6 Å². The molecule has 0 saturated carbocycles. The first-order valence-electron chi connectivity index (χ1n) is 6.37. The summed E-state index contributed by atoms with van der Waals surface area (Å²) in [5.74, 6) is 0.0304. The maximum atomic E-state index is 8.88. The normalized spacial score (nSPS) is 12.7. The lowest BCUT2D eigenvalue weighted by Crippen LogP contribution is -2.28. The Balaban J connectivity index is 2.85. The highest BCUT2D eigenvalue weighted by molar-refractivity contribution is 6.31. The molecule has 0 N–H and O–H groups in total. The summed E-state index contributed by atoms with van der Waals surface area (Å²) in [5.41, 5.74) is 1.92. The summed E-state index contributed by atoms with van der Waals surface area (Å²) in [7, 11) is 0. The van der Waals surface area contributed by atoms with Gasteiger partial charge in [0.1, 0.15) is 0 Å². The molecule has 4 nitrogen and oxygen atoms in total. The molecule has 1 aromatic rings. The largest absolute Gasteiger partial charge is 0.296 e. The second-order valence-electron chi connectivity index (χ2n) is 4.52. The predicted octanol–water partition coefficient (Wildman–Crippen LogP) is 2.85. The van der Waals surface area contributed by atoms with E-state index >= 15 is 0 Å². The number of aromatic nitrogens is 2. The van der Waals surface area contributed by atoms with Crippen LogP contribution >= 0.6 is 11.6 Å². The number of rotatable bonds is 6. The molecule has 5 heteroatoms. The molecule has 0 aromatic carbocycles. The third-order valence-corrected chi connectivity index (χ3v) is 3.52. The predicted molar refractivity (Wildman–Crippen MR) is 73.4 cm³/mol. The number of nitrogens with zero attached hydrogens (tertiary/aromatic N) is 4. The van der Waals surface area contributed by atoms with Crippen LogP contribution in [0, 0.1) is 24.2 Å². The molecule has 1 unspecified atom stereocenters. The second-order valence-corrected chi connectivity index (χ2v) is 4.90. The van der Waals surface area contributed by atoms with E-state index in [1.54, 1.807) is 0 Å². The molecule has 0 amide bonds. The van der Waals surface area contributed by atoms with Crippen LogP contribution in [-0.2, 0) is 13.1 Å². The van der Waals surface area contributed by atoms with Gasteiger partial charge in [0.25, 0.3) is 0 Å². The van der Waals surface area contributed by atoms with Gasteiger partial charge in [-0.15, -0.1) is 0 Å². The van der Waals surface area contributed by atoms with E-state index in [2.05, 4.69) is 29.9 Å². The monoisotopic (exact) mass is 268 g/mol. The van der Waals surface area contributed by atoms with E-state index in [9.17, 15) is 0 Å². The molecule has 1 atom stereocenters. The van der Waals surface area contributed by atoms with Crippen LogP contribution in [0.4, 0.5) is 0 Å². The van der Waals surface area contributed by atoms with Gasteiger partial charge in [0.05, 0.1) is 28.4 Å². The average Bonchev–Trinajstić information content (AvgIpc) is 2.65. The molecule has 0 bridgehead atoms. The third kappa shape index (κ3) is 3.47. The molecule has 18 heavy (non-hydrogen) atoms. The zero-order chi connectivity index (χ0) is 13.7. The van der Waals surface area contributed by atoms with Crippen molar-refractivity contribution < 1.29 is 0 Å². The molecule has 0 fully saturated rings. The van der Waals surface area contributed by atoms with Crippen molar-refractivity contribution in [1.29, 1.82) is 5.26 Å². The summed E-state index contributed by atoms with van der Waals surface area (Å²) in [6.45, 7) is 11.2. The quantitative estimate of drug-likeness (QED) is 0.797. The maximum Gasteiger partial charge on any atom is 0.0860 e. The minimum Gasteiger partial charge on any atom is -0.296 e. The van der Waals surface area contributed by atoms with Gasteiger partial charge in [0, 0.05) is 19.6 Å². The standard InChI is InChI=1S/C13H21ClN4/c1-5-17(8-10(3)7-15)9-12-13(14)11(4)16-18(12)6-2/h10H,5-6,8-9H2,1-4H3. The summed E-state index contributed by atoms with van der Waals surface area (Å²) >= 11 is 6.29. The van der Waals surface area contributed by atoms with E-state index in [-0.39, 0.29) is 5.92 Å². The van der Waals surface area contributed by atoms with E-state index in [1.165, 1.54) is 0 Å². The van der Waals surface area contributed by atoms with Crippen LogP contribution in [0.2, 0.25) is 5.02 Å². The summed E-state index contributed by atoms with van der Waals surface area (Å²) in [6.07, 6.45) is 0. The fourth-order valence-corrected chi connectivity index (χ4v) is 2.16. The summed E-state index contributed by atoms with van der Waals surface area (Å²) < 4.78 is 1.94. The SMILES string of the molecule is CCN(Cc1c(Cl)c(C)nn1CC)CC(C)C#N. The molecule has 0 saturated heterocycles. The summed E-state index contributed by atoms with van der Waals surface area (Å²) in [6, 6.07) is 2.27. The molecular formula is C13H21ClN4. The van der Waals surface area contributed by atoms with Gasteiger partial charge in [-0.05, 0) is 27.3 Å². The van der Waals surface area contributed by atoms with Gasteiger partial charge >= 0.3 is 0 Å². The fourth-order valence-electron chi connectivity index (χ4n) is 1.97. The Hall–Kier alpha value is -1.05. The summed E-state index contributed by atoms with van der Waals surface area (Å²) in [4.78, 5) is 2.22. The van der Waals surface area contributed by atoms with Crippen molar-refractivity contribution in [2.24, 2.45) is 5.92 Å². The van der Waals surface area contributed by atoms with Crippen LogP contribution < -0.4 is 0 Å². The topological polar surface area (TPSA) is 44.9 Å². The van der Waals surface area contributed by atoms with Gasteiger partial charge in [0.15, 0.2) is 0 Å². The lowest BCUT2D eigenvalue weighted by molar-refractivity contribution is 0.252. The van der Waals surface area contributed by atoms with Gasteiger partial charge < -0.3 is 0 Å². The van der Waals surface area contributed by atoms with Crippen molar-refractivity contribution in [3.05, 3.63) is 16.4 Å². The van der Waals surface area contributed by atoms with E-state index in [1.807, 2.05) is 18.5 Å². The first-order valence-corrected chi connectivity index (χ1v) is 6.74. The Morgan fingerprint density at radius 2 is 2.17 bits per heavy atom. The van der Waals surface area contributed by atoms with Crippen molar-refractivity contribution in [3.63, 3.8) is 0 Å². The van der Waals surface area contributed by atoms with E-state index in [0.29, 0.717) is 0 Å². The second kappa shape index (κ2) is 6.77. The number of halogens is 1. The number of nitriles is 1. The zero-order valence-corrected chi connectivity index (χ0v) is 12.3. The fraction of sp³-hybridized carbons (Fsp3) is 0.692. The van der Waals surface area contributed by atoms with Crippen LogP contribution in [0.25, 0.3) is 0 Å². The molecule has 0 aliphatic heterocycles. The van der Waals surface area contributed by atoms with E-state index in [4.69, 9.17) is 16.9 Å². The van der Waals surface area contributed by atoms with Gasteiger partial charge in [-0.25, -0.2) is 0 Å². The van der Waals surface area contributed by atoms with Gasteiger partial charge in [-0.3, -0.25) is 9.58 Å². The zero-order valence-electron chi connectivity index (χ0n) is 11.6. The van der Waals surface area contributed by atoms with Crippen molar-refractivity contribution in [1.82, 2.24) is 14.7 Å². The molecule has 0 aliphatic rings. The highest BCUT2D eigenvalue weighted by Gasteiger charge is 2.16. The van der Waals surface area contributed by atoms with Crippen LogP contribution in [0.1, 0.15) is 32.2 Å². The maximum absolute atomic E-state index is 8.88. The Bertz CT molecular complexity index is 433. The van der Waals surface area contributed by atoms with Crippen LogP contribution in [0.3, 0.4) is 0 Å². The van der Waals surface area contributed by atoms with E-state index in [0.717, 1.165) is 42.6 Å². The molecule has 1 rings (SSSR count). The van der Waals surface area contributed by atoms with Gasteiger partial charge in [0.2, 0.25) is 0 Å². The first-order chi connectivity index (χ1) is 8.53. The lowest BCUT2D eigenvalue weighted by Gasteiger charge is -2.22. The first kappa shape index (κ1) is 15.0. The molecule has 1 heterocycles. The molecular weight excluding hydrogens is 248 g/mol. The highest BCUT2D eigenvalue weighted by atomic mass is 35.5. The Kier molecular flexibility index (Phi) is 5.64. The summed E-state index contributed by atoms with van der Waals surface area (Å²) in [5, 5.41) is 14.0. The molecule has 100 valence electrons. The Labute approximate surface area is 114 Å². The van der Waals surface area contributed by atoms with Crippen LogP contribution in [0.5, 0.6) is 0 Å². The van der Waals surface area contributed by atoms with E-state index < -0.39 is 0 Å².